The Balaban J connectivity index is 3.22. The molecule has 0 heterocycles. The van der Waals surface area contributed by atoms with Gasteiger partial charge in [-0.1, -0.05) is 0 Å². The minimum absolute atomic E-state index is 0.241. The first-order valence-corrected chi connectivity index (χ1v) is 4.95. The highest BCUT2D eigenvalue weighted by molar-refractivity contribution is 7.98. The zero-order valence-corrected chi connectivity index (χ0v) is 7.86. The van der Waals surface area contributed by atoms with Crippen LogP contribution >= 0.6 is 11.8 Å². The normalized spacial score (nSPS) is 10.5. The summed E-state index contributed by atoms with van der Waals surface area (Å²) in [7, 11) is 1.94. The molecular weight excluding hydrogens is 162 g/mol. The molecule has 0 rings (SSSR count). The van der Waals surface area contributed by atoms with Crippen LogP contribution < -0.4 is 0 Å². The predicted octanol–water partition coefficient (Wildman–Crippen LogP) is 0.756. The van der Waals surface area contributed by atoms with Gasteiger partial charge in [-0.2, -0.15) is 11.8 Å². The molecule has 0 aromatic carbocycles. The fraction of sp³-hybridized carbons (Fsp3) is 0.857. The zero-order valence-electron chi connectivity index (χ0n) is 7.04. The summed E-state index contributed by atoms with van der Waals surface area (Å²) in [6.07, 6.45) is 2.29. The molecule has 0 amide bonds. The van der Waals surface area contributed by atoms with Crippen LogP contribution in [0.4, 0.5) is 0 Å². The van der Waals surface area contributed by atoms with Gasteiger partial charge in [0, 0.05) is 18.8 Å². The Bertz CT molecular complexity index is 119. The van der Waals surface area contributed by atoms with Gasteiger partial charge in [-0.05, 0) is 13.3 Å². The molecule has 11 heavy (non-hydrogen) atoms. The second-order valence-electron chi connectivity index (χ2n) is 2.44. The molecule has 0 saturated carbocycles. The van der Waals surface area contributed by atoms with Crippen molar-refractivity contribution in [1.29, 1.82) is 0 Å². The van der Waals surface area contributed by atoms with E-state index in [1.165, 1.54) is 0 Å². The van der Waals surface area contributed by atoms with Crippen LogP contribution in [-0.2, 0) is 4.79 Å². The van der Waals surface area contributed by atoms with Gasteiger partial charge in [-0.15, -0.1) is 0 Å². The van der Waals surface area contributed by atoms with Gasteiger partial charge in [-0.3, -0.25) is 4.79 Å². The van der Waals surface area contributed by atoms with Crippen molar-refractivity contribution in [2.45, 2.75) is 6.42 Å². The molecule has 0 unspecified atom stereocenters. The van der Waals surface area contributed by atoms with E-state index in [-0.39, 0.29) is 6.42 Å². The Morgan fingerprint density at radius 3 is 2.64 bits per heavy atom. The standard InChI is InChI=1S/C7H15NO2S/c1-8(5-6-11-2)4-3-7(9)10/h3-6H2,1-2H3,(H,9,10). The lowest BCUT2D eigenvalue weighted by Gasteiger charge is -2.13. The minimum Gasteiger partial charge on any atom is -0.481 e. The van der Waals surface area contributed by atoms with Gasteiger partial charge in [0.2, 0.25) is 0 Å². The second-order valence-corrected chi connectivity index (χ2v) is 3.43. The summed E-state index contributed by atoms with van der Waals surface area (Å²) in [6, 6.07) is 0. The van der Waals surface area contributed by atoms with Gasteiger partial charge in [0.1, 0.15) is 0 Å². The summed E-state index contributed by atoms with van der Waals surface area (Å²) in [4.78, 5) is 12.2. The summed E-state index contributed by atoms with van der Waals surface area (Å²) < 4.78 is 0. The quantitative estimate of drug-likeness (QED) is 0.650. The van der Waals surface area contributed by atoms with Crippen molar-refractivity contribution < 1.29 is 9.90 Å². The van der Waals surface area contributed by atoms with Crippen LogP contribution in [0.2, 0.25) is 0 Å². The van der Waals surface area contributed by atoms with Crippen LogP contribution in [0.3, 0.4) is 0 Å². The van der Waals surface area contributed by atoms with E-state index < -0.39 is 5.97 Å². The number of nitrogens with zero attached hydrogens (tertiary/aromatic N) is 1. The fourth-order valence-electron chi connectivity index (χ4n) is 0.645. The number of rotatable bonds is 6. The molecule has 1 N–H and O–H groups in total. The molecule has 0 atom stereocenters. The van der Waals surface area contributed by atoms with Crippen molar-refractivity contribution in [3.63, 3.8) is 0 Å². The molecule has 0 aliphatic rings. The SMILES string of the molecule is CSCCN(C)CCC(=O)O. The van der Waals surface area contributed by atoms with E-state index >= 15 is 0 Å². The van der Waals surface area contributed by atoms with Crippen LogP contribution in [0.15, 0.2) is 0 Å². The number of hydrogen-bond acceptors (Lipinski definition) is 3. The van der Waals surface area contributed by atoms with Crippen LogP contribution in [-0.4, -0.2) is 48.1 Å². The average Bonchev–Trinajstić information content (AvgIpc) is 1.97. The first-order valence-electron chi connectivity index (χ1n) is 3.56. The molecule has 0 aromatic rings. The van der Waals surface area contributed by atoms with Crippen molar-refractivity contribution in [2.75, 3.05) is 32.1 Å². The second kappa shape index (κ2) is 6.49. The number of carboxylic acid groups (broad SMARTS) is 1. The summed E-state index contributed by atoms with van der Waals surface area (Å²) >= 11 is 1.78. The third-order valence-corrected chi connectivity index (χ3v) is 1.98. The average molecular weight is 177 g/mol. The summed E-state index contributed by atoms with van der Waals surface area (Å²) in [5.74, 6) is 0.344. The Hall–Kier alpha value is -0.220. The Kier molecular flexibility index (Phi) is 6.36. The molecule has 0 aliphatic heterocycles. The molecule has 0 spiro atoms. The molecular formula is C7H15NO2S. The third kappa shape index (κ3) is 7.68. The van der Waals surface area contributed by atoms with Crippen molar-refractivity contribution in [1.82, 2.24) is 4.90 Å². The third-order valence-electron chi connectivity index (χ3n) is 1.38. The number of carbonyl (C=O) groups is 1. The van der Waals surface area contributed by atoms with E-state index in [1.54, 1.807) is 11.8 Å². The molecule has 0 saturated heterocycles. The number of thioether (sulfide) groups is 1. The zero-order chi connectivity index (χ0) is 8.69. The summed E-state index contributed by atoms with van der Waals surface area (Å²) in [5.41, 5.74) is 0. The van der Waals surface area contributed by atoms with Crippen LogP contribution in [0.25, 0.3) is 0 Å². The number of aliphatic carboxylic acids is 1. The van der Waals surface area contributed by atoms with Crippen LogP contribution in [0.5, 0.6) is 0 Å². The Morgan fingerprint density at radius 2 is 2.18 bits per heavy atom. The molecule has 0 fully saturated rings. The van der Waals surface area contributed by atoms with Crippen molar-refractivity contribution in [3.8, 4) is 0 Å². The highest BCUT2D eigenvalue weighted by Crippen LogP contribution is 1.94. The van der Waals surface area contributed by atoms with Crippen molar-refractivity contribution >= 4 is 17.7 Å². The minimum atomic E-state index is -0.721. The van der Waals surface area contributed by atoms with Crippen LogP contribution in [0, 0.1) is 0 Å². The van der Waals surface area contributed by atoms with Crippen LogP contribution in [0.1, 0.15) is 6.42 Å². The fourth-order valence-corrected chi connectivity index (χ4v) is 1.14. The van der Waals surface area contributed by atoms with E-state index in [9.17, 15) is 4.79 Å². The van der Waals surface area contributed by atoms with E-state index in [4.69, 9.17) is 5.11 Å². The number of carboxylic acids is 1. The molecule has 0 aromatic heterocycles. The van der Waals surface area contributed by atoms with Gasteiger partial charge < -0.3 is 10.0 Å². The molecule has 0 radical (unpaired) electrons. The maximum absolute atomic E-state index is 10.1. The monoisotopic (exact) mass is 177 g/mol. The van der Waals surface area contributed by atoms with E-state index in [0.29, 0.717) is 6.54 Å². The van der Waals surface area contributed by atoms with E-state index in [0.717, 1.165) is 12.3 Å². The maximum atomic E-state index is 10.1. The van der Waals surface area contributed by atoms with Crippen molar-refractivity contribution in [2.24, 2.45) is 0 Å². The van der Waals surface area contributed by atoms with Gasteiger partial charge in [0.25, 0.3) is 0 Å². The van der Waals surface area contributed by atoms with E-state index in [2.05, 4.69) is 0 Å². The smallest absolute Gasteiger partial charge is 0.304 e. The topological polar surface area (TPSA) is 40.5 Å². The highest BCUT2D eigenvalue weighted by Gasteiger charge is 2.00. The molecule has 3 nitrogen and oxygen atoms in total. The first-order chi connectivity index (χ1) is 5.16. The lowest BCUT2D eigenvalue weighted by atomic mass is 10.4. The maximum Gasteiger partial charge on any atom is 0.304 e. The van der Waals surface area contributed by atoms with Crippen molar-refractivity contribution in [3.05, 3.63) is 0 Å². The summed E-state index contributed by atoms with van der Waals surface area (Å²) in [5, 5.41) is 8.36. The number of hydrogen-bond donors (Lipinski definition) is 1. The van der Waals surface area contributed by atoms with Gasteiger partial charge in [0.15, 0.2) is 0 Å². The van der Waals surface area contributed by atoms with Gasteiger partial charge in [-0.25, -0.2) is 0 Å². The lowest BCUT2D eigenvalue weighted by molar-refractivity contribution is -0.137. The molecule has 66 valence electrons. The van der Waals surface area contributed by atoms with Gasteiger partial charge >= 0.3 is 5.97 Å². The molecule has 4 heteroatoms. The molecule has 0 bridgehead atoms. The Labute approximate surface area is 71.8 Å². The highest BCUT2D eigenvalue weighted by atomic mass is 32.2. The predicted molar refractivity (Wildman–Crippen MR) is 48.1 cm³/mol. The summed E-state index contributed by atoms with van der Waals surface area (Å²) in [6.45, 7) is 1.62. The van der Waals surface area contributed by atoms with E-state index in [1.807, 2.05) is 18.2 Å². The largest absolute Gasteiger partial charge is 0.481 e. The first kappa shape index (κ1) is 10.8. The Morgan fingerprint density at radius 1 is 1.55 bits per heavy atom. The lowest BCUT2D eigenvalue weighted by Crippen LogP contribution is -2.24. The van der Waals surface area contributed by atoms with Gasteiger partial charge in [0.05, 0.1) is 6.42 Å². The molecule has 0 aliphatic carbocycles.